The smallest absolute Gasteiger partial charge is 0.0106 e. The molecular weight excluding hydrogens is 222 g/mol. The molecule has 2 N–H and O–H groups in total. The monoisotopic (exact) mass is 255 g/mol. The summed E-state index contributed by atoms with van der Waals surface area (Å²) in [6, 6.07) is 0.418. The first-order valence-electron chi connectivity index (χ1n) is 7.49. The normalized spacial score (nSPS) is 29.5. The van der Waals surface area contributed by atoms with Crippen LogP contribution in [0.5, 0.6) is 0 Å². The molecule has 0 aromatic rings. The molecule has 0 aromatic carbocycles. The van der Waals surface area contributed by atoms with E-state index in [2.05, 4.69) is 44.8 Å². The largest absolute Gasteiger partial charge is 0.327 e. The van der Waals surface area contributed by atoms with Crippen LogP contribution in [0.25, 0.3) is 0 Å². The van der Waals surface area contributed by atoms with E-state index >= 15 is 0 Å². The fourth-order valence-electron chi connectivity index (χ4n) is 3.00. The molecule has 0 radical (unpaired) electrons. The molecule has 0 saturated heterocycles. The molecule has 108 valence electrons. The summed E-state index contributed by atoms with van der Waals surface area (Å²) >= 11 is 0. The van der Waals surface area contributed by atoms with Crippen LogP contribution in [0.4, 0.5) is 0 Å². The second-order valence-corrected chi connectivity index (χ2v) is 6.81. The molecule has 0 amide bonds. The van der Waals surface area contributed by atoms with E-state index in [1.807, 2.05) is 0 Å². The molecule has 3 heteroatoms. The lowest BCUT2D eigenvalue weighted by Crippen LogP contribution is -2.44. The minimum Gasteiger partial charge on any atom is -0.327 e. The molecule has 3 unspecified atom stereocenters. The topological polar surface area (TPSA) is 32.5 Å². The van der Waals surface area contributed by atoms with Crippen molar-refractivity contribution in [2.45, 2.75) is 39.2 Å². The molecule has 0 aliphatic heterocycles. The van der Waals surface area contributed by atoms with E-state index in [9.17, 15) is 0 Å². The van der Waals surface area contributed by atoms with Crippen molar-refractivity contribution in [3.63, 3.8) is 0 Å². The molecule has 0 spiro atoms. The van der Waals surface area contributed by atoms with Gasteiger partial charge in [0, 0.05) is 25.7 Å². The molecule has 1 saturated carbocycles. The van der Waals surface area contributed by atoms with Crippen LogP contribution in [0.1, 0.15) is 33.1 Å². The SMILES string of the molecule is CC(C)C1CCC(N)C(CN(C)CCN(C)C)C1. The maximum atomic E-state index is 6.31. The van der Waals surface area contributed by atoms with Gasteiger partial charge in [0.15, 0.2) is 0 Å². The van der Waals surface area contributed by atoms with Crippen molar-refractivity contribution < 1.29 is 0 Å². The number of nitrogens with two attached hydrogens (primary N) is 1. The highest BCUT2D eigenvalue weighted by atomic mass is 15.1. The maximum absolute atomic E-state index is 6.31. The van der Waals surface area contributed by atoms with Gasteiger partial charge in [0.1, 0.15) is 0 Å². The Hall–Kier alpha value is -0.120. The standard InChI is InChI=1S/C15H33N3/c1-12(2)13-6-7-15(16)14(10-13)11-18(5)9-8-17(3)4/h12-15H,6-11,16H2,1-5H3. The molecule has 0 aromatic heterocycles. The van der Waals surface area contributed by atoms with Gasteiger partial charge in [0.05, 0.1) is 0 Å². The van der Waals surface area contributed by atoms with Crippen LogP contribution in [-0.2, 0) is 0 Å². The minimum absolute atomic E-state index is 0.418. The summed E-state index contributed by atoms with van der Waals surface area (Å²) in [6.45, 7) is 8.15. The molecule has 1 fully saturated rings. The number of hydrogen-bond donors (Lipinski definition) is 1. The summed E-state index contributed by atoms with van der Waals surface area (Å²) in [4.78, 5) is 4.70. The Balaban J connectivity index is 2.38. The van der Waals surface area contributed by atoms with Crippen molar-refractivity contribution in [3.05, 3.63) is 0 Å². The first-order chi connectivity index (χ1) is 8.40. The fourth-order valence-corrected chi connectivity index (χ4v) is 3.00. The average molecular weight is 255 g/mol. The zero-order valence-electron chi connectivity index (χ0n) is 13.0. The van der Waals surface area contributed by atoms with Crippen LogP contribution in [0.2, 0.25) is 0 Å². The zero-order valence-corrected chi connectivity index (χ0v) is 13.0. The van der Waals surface area contributed by atoms with E-state index in [1.165, 1.54) is 19.3 Å². The Morgan fingerprint density at radius 2 is 1.78 bits per heavy atom. The summed E-state index contributed by atoms with van der Waals surface area (Å²) in [6.07, 6.45) is 3.87. The van der Waals surface area contributed by atoms with Crippen molar-refractivity contribution in [3.8, 4) is 0 Å². The molecule has 1 aliphatic carbocycles. The van der Waals surface area contributed by atoms with Crippen molar-refractivity contribution in [1.82, 2.24) is 9.80 Å². The van der Waals surface area contributed by atoms with Gasteiger partial charge in [-0.1, -0.05) is 13.8 Å². The van der Waals surface area contributed by atoms with Gasteiger partial charge in [0.25, 0.3) is 0 Å². The van der Waals surface area contributed by atoms with Gasteiger partial charge in [0.2, 0.25) is 0 Å². The maximum Gasteiger partial charge on any atom is 0.0106 e. The number of rotatable bonds is 6. The first kappa shape index (κ1) is 15.9. The van der Waals surface area contributed by atoms with Crippen LogP contribution < -0.4 is 5.73 Å². The molecule has 0 bridgehead atoms. The number of likely N-dealkylation sites (N-methyl/N-ethyl adjacent to an activating group) is 2. The highest BCUT2D eigenvalue weighted by Gasteiger charge is 2.30. The van der Waals surface area contributed by atoms with Gasteiger partial charge in [-0.15, -0.1) is 0 Å². The van der Waals surface area contributed by atoms with Gasteiger partial charge in [-0.25, -0.2) is 0 Å². The molecule has 3 nitrogen and oxygen atoms in total. The van der Waals surface area contributed by atoms with E-state index in [1.54, 1.807) is 0 Å². The van der Waals surface area contributed by atoms with Crippen LogP contribution in [-0.4, -0.2) is 56.6 Å². The third-order valence-electron chi connectivity index (χ3n) is 4.50. The summed E-state index contributed by atoms with van der Waals surface area (Å²) < 4.78 is 0. The Morgan fingerprint density at radius 1 is 1.11 bits per heavy atom. The summed E-state index contributed by atoms with van der Waals surface area (Å²) in [5.74, 6) is 2.39. The molecular formula is C15H33N3. The quantitative estimate of drug-likeness (QED) is 0.786. The van der Waals surface area contributed by atoms with E-state index in [4.69, 9.17) is 5.73 Å². The lowest BCUT2D eigenvalue weighted by molar-refractivity contribution is 0.145. The summed E-state index contributed by atoms with van der Waals surface area (Å²) in [5.41, 5.74) is 6.31. The van der Waals surface area contributed by atoms with Gasteiger partial charge < -0.3 is 15.5 Å². The molecule has 1 aliphatic rings. The van der Waals surface area contributed by atoms with Gasteiger partial charge in [-0.2, -0.15) is 0 Å². The minimum atomic E-state index is 0.418. The lowest BCUT2D eigenvalue weighted by atomic mass is 9.74. The highest BCUT2D eigenvalue weighted by Crippen LogP contribution is 2.33. The van der Waals surface area contributed by atoms with E-state index in [-0.39, 0.29) is 0 Å². The van der Waals surface area contributed by atoms with Gasteiger partial charge >= 0.3 is 0 Å². The summed E-state index contributed by atoms with van der Waals surface area (Å²) in [7, 11) is 6.50. The molecule has 1 rings (SSSR count). The fraction of sp³-hybridized carbons (Fsp3) is 1.00. The van der Waals surface area contributed by atoms with Crippen LogP contribution >= 0.6 is 0 Å². The molecule has 18 heavy (non-hydrogen) atoms. The lowest BCUT2D eigenvalue weighted by Gasteiger charge is -2.38. The van der Waals surface area contributed by atoms with Crippen molar-refractivity contribution in [2.75, 3.05) is 40.8 Å². The van der Waals surface area contributed by atoms with E-state index < -0.39 is 0 Å². The second-order valence-electron chi connectivity index (χ2n) is 6.81. The van der Waals surface area contributed by atoms with E-state index in [0.717, 1.165) is 31.5 Å². The van der Waals surface area contributed by atoms with Gasteiger partial charge in [-0.05, 0) is 58.2 Å². The van der Waals surface area contributed by atoms with Crippen LogP contribution in [0.15, 0.2) is 0 Å². The van der Waals surface area contributed by atoms with Crippen LogP contribution in [0, 0.1) is 17.8 Å². The van der Waals surface area contributed by atoms with Crippen molar-refractivity contribution in [2.24, 2.45) is 23.5 Å². The number of hydrogen-bond acceptors (Lipinski definition) is 3. The predicted octanol–water partition coefficient (Wildman–Crippen LogP) is 1.88. The Labute approximate surface area is 114 Å². The van der Waals surface area contributed by atoms with Gasteiger partial charge in [-0.3, -0.25) is 0 Å². The Morgan fingerprint density at radius 3 is 2.33 bits per heavy atom. The third kappa shape index (κ3) is 5.25. The second kappa shape index (κ2) is 7.46. The number of nitrogens with zero attached hydrogens (tertiary/aromatic N) is 2. The Bertz CT molecular complexity index is 228. The van der Waals surface area contributed by atoms with Crippen molar-refractivity contribution in [1.29, 1.82) is 0 Å². The van der Waals surface area contributed by atoms with Crippen molar-refractivity contribution >= 4 is 0 Å². The first-order valence-corrected chi connectivity index (χ1v) is 7.49. The molecule has 0 heterocycles. The van der Waals surface area contributed by atoms with E-state index in [0.29, 0.717) is 12.0 Å². The predicted molar refractivity (Wildman–Crippen MR) is 79.7 cm³/mol. The highest BCUT2D eigenvalue weighted by molar-refractivity contribution is 4.85. The summed E-state index contributed by atoms with van der Waals surface area (Å²) in [5, 5.41) is 0. The third-order valence-corrected chi connectivity index (χ3v) is 4.50. The van der Waals surface area contributed by atoms with Crippen LogP contribution in [0.3, 0.4) is 0 Å². The Kier molecular flexibility index (Phi) is 6.61. The average Bonchev–Trinajstić information content (AvgIpc) is 2.29. The zero-order chi connectivity index (χ0) is 13.7. The molecule has 3 atom stereocenters.